The molecule has 156 valence electrons. The number of halogens is 3. The van der Waals surface area contributed by atoms with Gasteiger partial charge in [0.15, 0.2) is 0 Å². The van der Waals surface area contributed by atoms with Crippen LogP contribution in [0.2, 0.25) is 0 Å². The topological polar surface area (TPSA) is 35.6 Å². The normalized spacial score (nSPS) is 17.1. The minimum Gasteiger partial charge on any atom is -0.351 e. The zero-order chi connectivity index (χ0) is 20.9. The molecule has 2 aromatic rings. The first-order valence-electron chi connectivity index (χ1n) is 9.77. The lowest BCUT2D eigenvalue weighted by molar-refractivity contribution is -0.137. The Morgan fingerprint density at radius 1 is 1.00 bits per heavy atom. The minimum atomic E-state index is -4.38. The molecule has 0 bridgehead atoms. The molecule has 0 aliphatic carbocycles. The van der Waals surface area contributed by atoms with Crippen LogP contribution in [0.5, 0.6) is 0 Å². The second-order valence-electron chi connectivity index (χ2n) is 7.39. The summed E-state index contributed by atoms with van der Waals surface area (Å²) in [7, 11) is 0. The average molecular weight is 405 g/mol. The van der Waals surface area contributed by atoms with Crippen LogP contribution in [0.3, 0.4) is 0 Å². The van der Waals surface area contributed by atoms with E-state index in [-0.39, 0.29) is 18.5 Å². The van der Waals surface area contributed by atoms with Crippen molar-refractivity contribution >= 4 is 5.91 Å². The van der Waals surface area contributed by atoms with E-state index < -0.39 is 11.7 Å². The van der Waals surface area contributed by atoms with Gasteiger partial charge >= 0.3 is 6.18 Å². The fourth-order valence-corrected chi connectivity index (χ4v) is 3.51. The van der Waals surface area contributed by atoms with E-state index in [2.05, 4.69) is 27.2 Å². The number of rotatable bonds is 6. The molecule has 1 unspecified atom stereocenters. The first-order chi connectivity index (χ1) is 13.8. The Balaban J connectivity index is 1.46. The van der Waals surface area contributed by atoms with Crippen molar-refractivity contribution in [3.05, 3.63) is 71.3 Å². The first kappa shape index (κ1) is 21.3. The van der Waals surface area contributed by atoms with Gasteiger partial charge in [0.1, 0.15) is 0 Å². The fourth-order valence-electron chi connectivity index (χ4n) is 3.51. The summed E-state index contributed by atoms with van der Waals surface area (Å²) in [5.74, 6) is -0.168. The largest absolute Gasteiger partial charge is 0.416 e. The van der Waals surface area contributed by atoms with E-state index in [4.69, 9.17) is 0 Å². The Bertz CT molecular complexity index is 802. The van der Waals surface area contributed by atoms with Crippen LogP contribution in [0.4, 0.5) is 13.2 Å². The molecule has 1 fully saturated rings. The molecule has 1 heterocycles. The van der Waals surface area contributed by atoms with Crippen LogP contribution in [-0.2, 0) is 24.1 Å². The van der Waals surface area contributed by atoms with Crippen LogP contribution in [0.15, 0.2) is 54.6 Å². The number of nitrogens with zero attached hydrogens (tertiary/aromatic N) is 2. The van der Waals surface area contributed by atoms with Crippen molar-refractivity contribution in [3.63, 3.8) is 0 Å². The van der Waals surface area contributed by atoms with Crippen LogP contribution < -0.4 is 5.32 Å². The SMILES string of the molecule is CC(C(=O)NCc1cccc(C(F)(F)F)c1)N1CCN(Cc2ccccc2)CC1. The third-order valence-corrected chi connectivity index (χ3v) is 5.30. The molecule has 7 heteroatoms. The third kappa shape index (κ3) is 6.05. The van der Waals surface area contributed by atoms with Gasteiger partial charge in [-0.1, -0.05) is 42.5 Å². The zero-order valence-electron chi connectivity index (χ0n) is 16.5. The van der Waals surface area contributed by atoms with Crippen molar-refractivity contribution in [2.75, 3.05) is 26.2 Å². The maximum atomic E-state index is 12.8. The lowest BCUT2D eigenvalue weighted by Gasteiger charge is -2.37. The number of piperazine rings is 1. The van der Waals surface area contributed by atoms with Crippen molar-refractivity contribution < 1.29 is 18.0 Å². The summed E-state index contributed by atoms with van der Waals surface area (Å²) in [5.41, 5.74) is 1.01. The summed E-state index contributed by atoms with van der Waals surface area (Å²) >= 11 is 0. The van der Waals surface area contributed by atoms with Gasteiger partial charge in [0, 0.05) is 39.3 Å². The smallest absolute Gasteiger partial charge is 0.351 e. The molecule has 1 aliphatic rings. The molecular formula is C22H26F3N3O. The molecule has 4 nitrogen and oxygen atoms in total. The summed E-state index contributed by atoms with van der Waals surface area (Å²) in [4.78, 5) is 17.0. The fraction of sp³-hybridized carbons (Fsp3) is 0.409. The molecule has 3 rings (SSSR count). The van der Waals surface area contributed by atoms with E-state index in [0.717, 1.165) is 44.9 Å². The number of benzene rings is 2. The standard InChI is InChI=1S/C22H26F3N3O/c1-17(21(29)26-15-19-8-5-9-20(14-19)22(23,24)25)28-12-10-27(11-13-28)16-18-6-3-2-4-7-18/h2-9,14,17H,10-13,15-16H2,1H3,(H,26,29). The van der Waals surface area contributed by atoms with E-state index in [1.165, 1.54) is 11.6 Å². The summed E-state index contributed by atoms with van der Waals surface area (Å²) in [6.07, 6.45) is -4.38. The van der Waals surface area contributed by atoms with Crippen molar-refractivity contribution in [1.29, 1.82) is 0 Å². The van der Waals surface area contributed by atoms with Gasteiger partial charge in [0.25, 0.3) is 0 Å². The minimum absolute atomic E-state index is 0.0844. The summed E-state index contributed by atoms with van der Waals surface area (Å²) in [6.45, 7) is 6.14. The maximum Gasteiger partial charge on any atom is 0.416 e. The summed E-state index contributed by atoms with van der Waals surface area (Å²) < 4.78 is 38.4. The molecule has 1 atom stereocenters. The first-order valence-corrected chi connectivity index (χ1v) is 9.77. The molecule has 0 aromatic heterocycles. The second kappa shape index (κ2) is 9.41. The van der Waals surface area contributed by atoms with Gasteiger partial charge in [0.05, 0.1) is 11.6 Å². The molecule has 0 radical (unpaired) electrons. The Morgan fingerprint density at radius 2 is 1.66 bits per heavy atom. The number of alkyl halides is 3. The highest BCUT2D eigenvalue weighted by atomic mass is 19.4. The quantitative estimate of drug-likeness (QED) is 0.799. The highest BCUT2D eigenvalue weighted by Crippen LogP contribution is 2.29. The molecule has 1 aliphatic heterocycles. The monoisotopic (exact) mass is 405 g/mol. The lowest BCUT2D eigenvalue weighted by atomic mass is 10.1. The third-order valence-electron chi connectivity index (χ3n) is 5.30. The Kier molecular flexibility index (Phi) is 6.92. The van der Waals surface area contributed by atoms with Crippen LogP contribution in [0.25, 0.3) is 0 Å². The summed E-state index contributed by atoms with van der Waals surface area (Å²) in [6, 6.07) is 15.0. The molecule has 1 amide bonds. The van der Waals surface area contributed by atoms with E-state index in [0.29, 0.717) is 5.56 Å². The van der Waals surface area contributed by atoms with Crippen molar-refractivity contribution in [1.82, 2.24) is 15.1 Å². The van der Waals surface area contributed by atoms with E-state index in [1.54, 1.807) is 6.07 Å². The molecular weight excluding hydrogens is 379 g/mol. The van der Waals surface area contributed by atoms with Gasteiger partial charge in [-0.25, -0.2) is 0 Å². The number of hydrogen-bond acceptors (Lipinski definition) is 3. The van der Waals surface area contributed by atoms with Gasteiger partial charge in [-0.15, -0.1) is 0 Å². The molecule has 0 saturated carbocycles. The van der Waals surface area contributed by atoms with Crippen molar-refractivity contribution in [2.24, 2.45) is 0 Å². The molecule has 1 saturated heterocycles. The van der Waals surface area contributed by atoms with E-state index >= 15 is 0 Å². The average Bonchev–Trinajstić information content (AvgIpc) is 2.72. The van der Waals surface area contributed by atoms with Gasteiger partial charge < -0.3 is 5.32 Å². The molecule has 1 N–H and O–H groups in total. The predicted octanol–water partition coefficient (Wildman–Crippen LogP) is 3.53. The van der Waals surface area contributed by atoms with E-state index in [9.17, 15) is 18.0 Å². The van der Waals surface area contributed by atoms with Crippen molar-refractivity contribution in [3.8, 4) is 0 Å². The van der Waals surface area contributed by atoms with E-state index in [1.807, 2.05) is 25.1 Å². The zero-order valence-corrected chi connectivity index (χ0v) is 16.5. The Morgan fingerprint density at radius 3 is 2.31 bits per heavy atom. The van der Waals surface area contributed by atoms with Crippen LogP contribution >= 0.6 is 0 Å². The van der Waals surface area contributed by atoms with Gasteiger partial charge in [0.2, 0.25) is 5.91 Å². The second-order valence-corrected chi connectivity index (χ2v) is 7.39. The van der Waals surface area contributed by atoms with Crippen LogP contribution in [0.1, 0.15) is 23.6 Å². The predicted molar refractivity (Wildman–Crippen MR) is 106 cm³/mol. The van der Waals surface area contributed by atoms with Gasteiger partial charge in [-0.2, -0.15) is 13.2 Å². The molecule has 2 aromatic carbocycles. The van der Waals surface area contributed by atoms with Gasteiger partial charge in [-0.05, 0) is 30.2 Å². The maximum absolute atomic E-state index is 12.8. The number of amides is 1. The van der Waals surface area contributed by atoms with Gasteiger partial charge in [-0.3, -0.25) is 14.6 Å². The Labute approximate surface area is 169 Å². The van der Waals surface area contributed by atoms with Crippen LogP contribution in [0, 0.1) is 0 Å². The number of carbonyl (C=O) groups excluding carboxylic acids is 1. The Hall–Kier alpha value is -2.38. The number of carbonyl (C=O) groups is 1. The lowest BCUT2D eigenvalue weighted by Crippen LogP contribution is -2.53. The highest BCUT2D eigenvalue weighted by Gasteiger charge is 2.30. The van der Waals surface area contributed by atoms with Crippen LogP contribution in [-0.4, -0.2) is 47.9 Å². The van der Waals surface area contributed by atoms with Crippen molar-refractivity contribution in [2.45, 2.75) is 32.2 Å². The summed E-state index contributed by atoms with van der Waals surface area (Å²) in [5, 5.41) is 2.76. The number of nitrogens with one attached hydrogen (secondary N) is 1. The highest BCUT2D eigenvalue weighted by molar-refractivity contribution is 5.81. The molecule has 29 heavy (non-hydrogen) atoms. The number of hydrogen-bond donors (Lipinski definition) is 1. The molecule has 0 spiro atoms.